The van der Waals surface area contributed by atoms with Gasteiger partial charge in [0.05, 0.1) is 12.5 Å². The van der Waals surface area contributed by atoms with Gasteiger partial charge in [0.15, 0.2) is 0 Å². The van der Waals surface area contributed by atoms with Gasteiger partial charge in [0.1, 0.15) is 0 Å². The first-order chi connectivity index (χ1) is 4.16. The average molecular weight is 134 g/mol. The van der Waals surface area contributed by atoms with E-state index in [0.29, 0.717) is 0 Å². The molecule has 0 aliphatic heterocycles. The second-order valence-electron chi connectivity index (χ2n) is 1.76. The van der Waals surface area contributed by atoms with Gasteiger partial charge in [-0.05, 0) is 6.42 Å². The third-order valence-corrected chi connectivity index (χ3v) is 0.873. The second-order valence-corrected chi connectivity index (χ2v) is 1.76. The molecule has 0 amide bonds. The molecule has 4 heteroatoms. The zero-order chi connectivity index (χ0) is 7.28. The molecule has 0 aromatic rings. The van der Waals surface area contributed by atoms with Crippen molar-refractivity contribution >= 4 is 5.97 Å². The number of carboxylic acid groups (broad SMARTS) is 1. The van der Waals surface area contributed by atoms with Crippen molar-refractivity contribution in [1.29, 1.82) is 0 Å². The van der Waals surface area contributed by atoms with E-state index >= 15 is 0 Å². The normalized spacial score (nSPS) is 13.1. The lowest BCUT2D eigenvalue weighted by molar-refractivity contribution is -0.139. The van der Waals surface area contributed by atoms with E-state index in [2.05, 4.69) is 0 Å². The van der Waals surface area contributed by atoms with Crippen LogP contribution in [0.25, 0.3) is 0 Å². The molecule has 0 rings (SSSR count). The van der Waals surface area contributed by atoms with E-state index in [9.17, 15) is 4.79 Å². The van der Waals surface area contributed by atoms with E-state index < -0.39 is 12.1 Å². The summed E-state index contributed by atoms with van der Waals surface area (Å²) >= 11 is 0. The molecular formula is C5H10O4. The van der Waals surface area contributed by atoms with Gasteiger partial charge in [0, 0.05) is 6.61 Å². The number of aliphatic hydroxyl groups excluding tert-OH is 2. The summed E-state index contributed by atoms with van der Waals surface area (Å²) in [6.07, 6.45) is -1.07. The predicted octanol–water partition coefficient (Wildman–Crippen LogP) is -0.796. The lowest BCUT2D eigenvalue weighted by Gasteiger charge is -2.02. The molecule has 1 unspecified atom stereocenters. The van der Waals surface area contributed by atoms with Gasteiger partial charge in [-0.3, -0.25) is 4.79 Å². The Labute approximate surface area is 52.7 Å². The van der Waals surface area contributed by atoms with Crippen LogP contribution in [-0.2, 0) is 4.79 Å². The summed E-state index contributed by atoms with van der Waals surface area (Å²) in [5.74, 6) is -1.05. The lowest BCUT2D eigenvalue weighted by Crippen LogP contribution is -2.13. The second kappa shape index (κ2) is 4.29. The summed E-state index contributed by atoms with van der Waals surface area (Å²) in [7, 11) is 0. The maximum absolute atomic E-state index is 9.84. The molecule has 0 aromatic carbocycles. The van der Waals surface area contributed by atoms with Crippen molar-refractivity contribution < 1.29 is 20.1 Å². The third kappa shape index (κ3) is 5.26. The molecular weight excluding hydrogens is 124 g/mol. The smallest absolute Gasteiger partial charge is 0.305 e. The number of carbonyl (C=O) groups is 1. The van der Waals surface area contributed by atoms with E-state index in [1.807, 2.05) is 0 Å². The van der Waals surface area contributed by atoms with Crippen LogP contribution in [0.5, 0.6) is 0 Å². The summed E-state index contributed by atoms with van der Waals surface area (Å²) in [5, 5.41) is 24.9. The minimum Gasteiger partial charge on any atom is -0.481 e. The summed E-state index contributed by atoms with van der Waals surface area (Å²) in [6.45, 7) is -0.172. The van der Waals surface area contributed by atoms with Crippen molar-refractivity contribution in [1.82, 2.24) is 0 Å². The molecule has 0 bridgehead atoms. The number of hydrogen-bond donors (Lipinski definition) is 3. The van der Waals surface area contributed by atoms with Gasteiger partial charge in [-0.25, -0.2) is 0 Å². The highest BCUT2D eigenvalue weighted by atomic mass is 16.4. The van der Waals surface area contributed by atoms with Gasteiger partial charge >= 0.3 is 5.97 Å². The highest BCUT2D eigenvalue weighted by molar-refractivity contribution is 5.67. The third-order valence-electron chi connectivity index (χ3n) is 0.873. The van der Waals surface area contributed by atoms with Crippen LogP contribution in [0.2, 0.25) is 0 Å². The van der Waals surface area contributed by atoms with Gasteiger partial charge in [-0.15, -0.1) is 0 Å². The average Bonchev–Trinajstić information content (AvgIpc) is 1.63. The van der Waals surface area contributed by atoms with Crippen LogP contribution in [-0.4, -0.2) is 34.0 Å². The Hall–Kier alpha value is -0.610. The van der Waals surface area contributed by atoms with Crippen molar-refractivity contribution in [3.05, 3.63) is 0 Å². The molecule has 0 fully saturated rings. The Kier molecular flexibility index (Phi) is 4.00. The largest absolute Gasteiger partial charge is 0.481 e. The molecule has 0 aliphatic carbocycles. The Morgan fingerprint density at radius 2 is 2.11 bits per heavy atom. The highest BCUT2D eigenvalue weighted by Gasteiger charge is 2.07. The van der Waals surface area contributed by atoms with Crippen molar-refractivity contribution in [3.8, 4) is 0 Å². The molecule has 0 saturated heterocycles. The first-order valence-electron chi connectivity index (χ1n) is 2.67. The fourth-order valence-corrected chi connectivity index (χ4v) is 0.453. The molecule has 9 heavy (non-hydrogen) atoms. The molecule has 0 saturated carbocycles. The Morgan fingerprint density at radius 1 is 1.56 bits per heavy atom. The fourth-order valence-electron chi connectivity index (χ4n) is 0.453. The maximum atomic E-state index is 9.84. The van der Waals surface area contributed by atoms with Crippen LogP contribution in [0.15, 0.2) is 0 Å². The Balaban J connectivity index is 3.26. The van der Waals surface area contributed by atoms with E-state index in [1.54, 1.807) is 0 Å². The van der Waals surface area contributed by atoms with Crippen LogP contribution < -0.4 is 0 Å². The summed E-state index contributed by atoms with van der Waals surface area (Å²) < 4.78 is 0. The number of rotatable bonds is 4. The van der Waals surface area contributed by atoms with Crippen molar-refractivity contribution in [3.63, 3.8) is 0 Å². The minimum absolute atomic E-state index is 0.131. The van der Waals surface area contributed by atoms with Crippen molar-refractivity contribution in [2.45, 2.75) is 18.9 Å². The number of carboxylic acids is 1. The zero-order valence-electron chi connectivity index (χ0n) is 4.95. The number of hydrogen-bond acceptors (Lipinski definition) is 3. The van der Waals surface area contributed by atoms with E-state index in [-0.39, 0.29) is 19.4 Å². The fraction of sp³-hybridized carbons (Fsp3) is 0.800. The number of aliphatic carboxylic acids is 1. The predicted molar refractivity (Wildman–Crippen MR) is 30.0 cm³/mol. The zero-order valence-corrected chi connectivity index (χ0v) is 4.95. The van der Waals surface area contributed by atoms with Crippen LogP contribution >= 0.6 is 0 Å². The molecule has 0 radical (unpaired) electrons. The monoisotopic (exact) mass is 134 g/mol. The van der Waals surface area contributed by atoms with Crippen LogP contribution in [0.4, 0.5) is 0 Å². The molecule has 54 valence electrons. The van der Waals surface area contributed by atoms with E-state index in [0.717, 1.165) is 0 Å². The molecule has 0 aliphatic rings. The summed E-state index contributed by atoms with van der Waals surface area (Å²) in [6, 6.07) is 0. The maximum Gasteiger partial charge on any atom is 0.305 e. The highest BCUT2D eigenvalue weighted by Crippen LogP contribution is 1.95. The standard InChI is InChI=1S/C5H10O4/c6-2-1-4(7)3-5(8)9/h4,6-7H,1-3H2,(H,8,9). The van der Waals surface area contributed by atoms with Gasteiger partial charge in [0.2, 0.25) is 0 Å². The minimum atomic E-state index is -1.05. The topological polar surface area (TPSA) is 77.8 Å². The number of aliphatic hydroxyl groups is 2. The lowest BCUT2D eigenvalue weighted by atomic mass is 10.2. The van der Waals surface area contributed by atoms with Crippen LogP contribution in [0.1, 0.15) is 12.8 Å². The first kappa shape index (κ1) is 8.39. The molecule has 3 N–H and O–H groups in total. The van der Waals surface area contributed by atoms with Gasteiger partial charge in [0.25, 0.3) is 0 Å². The quantitative estimate of drug-likeness (QED) is 0.470. The van der Waals surface area contributed by atoms with E-state index in [1.165, 1.54) is 0 Å². The first-order valence-corrected chi connectivity index (χ1v) is 2.67. The van der Waals surface area contributed by atoms with Crippen molar-refractivity contribution in [2.75, 3.05) is 6.61 Å². The van der Waals surface area contributed by atoms with Crippen molar-refractivity contribution in [2.24, 2.45) is 0 Å². The van der Waals surface area contributed by atoms with E-state index in [4.69, 9.17) is 15.3 Å². The van der Waals surface area contributed by atoms with Crippen LogP contribution in [0, 0.1) is 0 Å². The van der Waals surface area contributed by atoms with Gasteiger partial charge in [-0.2, -0.15) is 0 Å². The van der Waals surface area contributed by atoms with Crippen LogP contribution in [0.3, 0.4) is 0 Å². The SMILES string of the molecule is O=C(O)CC(O)CCO. The summed E-state index contributed by atoms with van der Waals surface area (Å²) in [5.41, 5.74) is 0. The Bertz CT molecular complexity index is 91.0. The molecule has 0 aromatic heterocycles. The molecule has 4 nitrogen and oxygen atoms in total. The Morgan fingerprint density at radius 3 is 2.44 bits per heavy atom. The molecule has 1 atom stereocenters. The van der Waals surface area contributed by atoms with Gasteiger partial charge in [-0.1, -0.05) is 0 Å². The molecule has 0 heterocycles. The summed E-state index contributed by atoms with van der Waals surface area (Å²) in [4.78, 5) is 9.84. The molecule has 0 spiro atoms. The van der Waals surface area contributed by atoms with Gasteiger partial charge < -0.3 is 15.3 Å².